The van der Waals surface area contributed by atoms with Crippen LogP contribution in [0.3, 0.4) is 0 Å². The van der Waals surface area contributed by atoms with Crippen LogP contribution in [0.1, 0.15) is 12.0 Å². The molecule has 0 aromatic carbocycles. The van der Waals surface area contributed by atoms with E-state index in [2.05, 4.69) is 27.1 Å². The highest BCUT2D eigenvalue weighted by Crippen LogP contribution is 2.19. The predicted octanol–water partition coefficient (Wildman–Crippen LogP) is 0.393. The topological polar surface area (TPSA) is 57.7 Å². The van der Waals surface area contributed by atoms with Gasteiger partial charge in [0.25, 0.3) is 0 Å². The number of aromatic nitrogens is 1. The molecule has 6 heteroatoms. The highest BCUT2D eigenvalue weighted by molar-refractivity contribution is 5.78. The van der Waals surface area contributed by atoms with E-state index in [0.29, 0.717) is 25.7 Å². The second kappa shape index (κ2) is 8.55. The number of likely N-dealkylation sites (N-methyl/N-ethyl adjacent to an activating group) is 1. The van der Waals surface area contributed by atoms with Crippen LogP contribution in [0.15, 0.2) is 24.5 Å². The monoisotopic (exact) mass is 332 g/mol. The first-order valence-corrected chi connectivity index (χ1v) is 8.87. The van der Waals surface area contributed by atoms with Gasteiger partial charge in [-0.05, 0) is 50.7 Å². The summed E-state index contributed by atoms with van der Waals surface area (Å²) < 4.78 is 5.62. The minimum Gasteiger partial charge on any atom is -0.379 e. The minimum absolute atomic E-state index is 0.111. The summed E-state index contributed by atoms with van der Waals surface area (Å²) in [5, 5.41) is 3.19. The number of rotatable bonds is 5. The zero-order chi connectivity index (χ0) is 16.8. The van der Waals surface area contributed by atoms with Crippen molar-refractivity contribution >= 4 is 5.91 Å². The fourth-order valence-corrected chi connectivity index (χ4v) is 3.49. The van der Waals surface area contributed by atoms with Crippen LogP contribution in [0, 0.1) is 5.92 Å². The molecule has 1 aromatic heterocycles. The maximum atomic E-state index is 12.4. The molecule has 6 nitrogen and oxygen atoms in total. The number of carbonyl (C=O) groups excluding carboxylic acids is 1. The lowest BCUT2D eigenvalue weighted by Crippen LogP contribution is -2.46. The third-order valence-corrected chi connectivity index (χ3v) is 4.97. The Bertz CT molecular complexity index is 525. The van der Waals surface area contributed by atoms with Gasteiger partial charge in [-0.25, -0.2) is 0 Å². The summed E-state index contributed by atoms with van der Waals surface area (Å²) in [6, 6.07) is 4.18. The van der Waals surface area contributed by atoms with Crippen molar-refractivity contribution in [2.75, 3.05) is 53.0 Å². The molecule has 2 fully saturated rings. The molecule has 24 heavy (non-hydrogen) atoms. The first-order valence-electron chi connectivity index (χ1n) is 8.87. The Balaban J connectivity index is 1.48. The maximum Gasteiger partial charge on any atom is 0.234 e. The van der Waals surface area contributed by atoms with E-state index in [1.54, 1.807) is 0 Å². The second-order valence-electron chi connectivity index (χ2n) is 6.96. The van der Waals surface area contributed by atoms with Gasteiger partial charge >= 0.3 is 0 Å². The summed E-state index contributed by atoms with van der Waals surface area (Å²) in [6.07, 6.45) is 5.67. The quantitative estimate of drug-likeness (QED) is 0.845. The van der Waals surface area contributed by atoms with E-state index in [9.17, 15) is 4.79 Å². The molecule has 0 spiro atoms. The van der Waals surface area contributed by atoms with Gasteiger partial charge < -0.3 is 15.0 Å². The fourth-order valence-electron chi connectivity index (χ4n) is 3.49. The largest absolute Gasteiger partial charge is 0.379 e. The number of nitrogens with zero attached hydrogens (tertiary/aromatic N) is 3. The Morgan fingerprint density at radius 1 is 1.25 bits per heavy atom. The molecule has 0 saturated carbocycles. The molecule has 2 aliphatic heterocycles. The summed E-state index contributed by atoms with van der Waals surface area (Å²) in [6.45, 7) is 5.93. The van der Waals surface area contributed by atoms with E-state index in [4.69, 9.17) is 4.74 Å². The van der Waals surface area contributed by atoms with Crippen LogP contribution < -0.4 is 5.32 Å². The molecule has 2 atom stereocenters. The van der Waals surface area contributed by atoms with Gasteiger partial charge in [-0.15, -0.1) is 0 Å². The number of carbonyl (C=O) groups is 1. The molecule has 2 aliphatic rings. The Kier molecular flexibility index (Phi) is 6.18. The van der Waals surface area contributed by atoms with E-state index in [1.807, 2.05) is 24.5 Å². The molecule has 0 radical (unpaired) electrons. The summed E-state index contributed by atoms with van der Waals surface area (Å²) >= 11 is 0. The molecule has 3 rings (SSSR count). The lowest BCUT2D eigenvalue weighted by atomic mass is 9.95. The van der Waals surface area contributed by atoms with Crippen LogP contribution in [0.25, 0.3) is 0 Å². The van der Waals surface area contributed by atoms with E-state index in [1.165, 1.54) is 5.56 Å². The highest BCUT2D eigenvalue weighted by atomic mass is 16.5. The SMILES string of the molecule is CN1CCCN(CC(=O)N[C@@H]2COC[C@H]2Cc2ccncc2)CC1. The molecule has 0 aliphatic carbocycles. The summed E-state index contributed by atoms with van der Waals surface area (Å²) in [4.78, 5) is 21.1. The minimum atomic E-state index is 0.111. The molecular weight excluding hydrogens is 304 g/mol. The lowest BCUT2D eigenvalue weighted by Gasteiger charge is -2.23. The van der Waals surface area contributed by atoms with Crippen LogP contribution in [0.2, 0.25) is 0 Å². The number of amides is 1. The first-order chi connectivity index (χ1) is 11.7. The number of hydrogen-bond acceptors (Lipinski definition) is 5. The van der Waals surface area contributed by atoms with Crippen molar-refractivity contribution in [3.05, 3.63) is 30.1 Å². The first kappa shape index (κ1) is 17.3. The Hall–Kier alpha value is -1.50. The fraction of sp³-hybridized carbons (Fsp3) is 0.667. The van der Waals surface area contributed by atoms with Gasteiger partial charge in [-0.2, -0.15) is 0 Å². The highest BCUT2D eigenvalue weighted by Gasteiger charge is 2.30. The molecule has 1 aromatic rings. The van der Waals surface area contributed by atoms with Crippen LogP contribution in [0.5, 0.6) is 0 Å². The van der Waals surface area contributed by atoms with Gasteiger partial charge in [0.2, 0.25) is 5.91 Å². The van der Waals surface area contributed by atoms with Crippen LogP contribution in [-0.4, -0.2) is 79.7 Å². The van der Waals surface area contributed by atoms with Gasteiger partial charge in [0.15, 0.2) is 0 Å². The molecule has 0 unspecified atom stereocenters. The summed E-state index contributed by atoms with van der Waals surface area (Å²) in [7, 11) is 2.14. The van der Waals surface area contributed by atoms with Gasteiger partial charge in [-0.1, -0.05) is 0 Å². The normalized spacial score (nSPS) is 26.2. The van der Waals surface area contributed by atoms with Crippen molar-refractivity contribution in [1.82, 2.24) is 20.1 Å². The van der Waals surface area contributed by atoms with Gasteiger partial charge in [-0.3, -0.25) is 14.7 Å². The molecule has 132 valence electrons. The molecule has 0 bridgehead atoms. The van der Waals surface area contributed by atoms with E-state index in [-0.39, 0.29) is 11.9 Å². The maximum absolute atomic E-state index is 12.4. The van der Waals surface area contributed by atoms with E-state index < -0.39 is 0 Å². The lowest BCUT2D eigenvalue weighted by molar-refractivity contribution is -0.123. The predicted molar refractivity (Wildman–Crippen MR) is 92.7 cm³/mol. The average molecular weight is 332 g/mol. The number of nitrogens with one attached hydrogen (secondary N) is 1. The van der Waals surface area contributed by atoms with Gasteiger partial charge in [0.05, 0.1) is 25.8 Å². The van der Waals surface area contributed by atoms with Crippen molar-refractivity contribution in [3.63, 3.8) is 0 Å². The smallest absolute Gasteiger partial charge is 0.234 e. The Morgan fingerprint density at radius 2 is 2.08 bits per heavy atom. The molecular formula is C18H28N4O2. The molecule has 1 amide bonds. The Labute approximate surface area is 144 Å². The standard InChI is InChI=1S/C18H28N4O2/c1-21-7-2-8-22(10-9-21)12-18(23)20-17-14-24-13-16(17)11-15-3-5-19-6-4-15/h3-6,16-17H,2,7-14H2,1H3,(H,20,23)/t16-,17-/m1/s1. The third kappa shape index (κ3) is 5.00. The van der Waals surface area contributed by atoms with Crippen molar-refractivity contribution in [2.45, 2.75) is 18.9 Å². The zero-order valence-electron chi connectivity index (χ0n) is 14.5. The van der Waals surface area contributed by atoms with Gasteiger partial charge in [0.1, 0.15) is 0 Å². The molecule has 3 heterocycles. The molecule has 1 N–H and O–H groups in total. The van der Waals surface area contributed by atoms with Gasteiger partial charge in [0, 0.05) is 31.4 Å². The van der Waals surface area contributed by atoms with Crippen LogP contribution >= 0.6 is 0 Å². The van der Waals surface area contributed by atoms with Crippen molar-refractivity contribution in [3.8, 4) is 0 Å². The average Bonchev–Trinajstić information content (AvgIpc) is 2.89. The van der Waals surface area contributed by atoms with Crippen molar-refractivity contribution in [2.24, 2.45) is 5.92 Å². The third-order valence-electron chi connectivity index (χ3n) is 4.97. The van der Waals surface area contributed by atoms with E-state index >= 15 is 0 Å². The number of pyridine rings is 1. The summed E-state index contributed by atoms with van der Waals surface area (Å²) in [5.41, 5.74) is 1.25. The second-order valence-corrected chi connectivity index (χ2v) is 6.96. The van der Waals surface area contributed by atoms with Crippen molar-refractivity contribution < 1.29 is 9.53 Å². The van der Waals surface area contributed by atoms with Crippen LogP contribution in [-0.2, 0) is 16.0 Å². The number of hydrogen-bond donors (Lipinski definition) is 1. The van der Waals surface area contributed by atoms with Crippen LogP contribution in [0.4, 0.5) is 0 Å². The van der Waals surface area contributed by atoms with E-state index in [0.717, 1.165) is 39.0 Å². The van der Waals surface area contributed by atoms with Crippen molar-refractivity contribution in [1.29, 1.82) is 0 Å². The Morgan fingerprint density at radius 3 is 2.92 bits per heavy atom. The zero-order valence-corrected chi connectivity index (χ0v) is 14.5. The number of ether oxygens (including phenoxy) is 1. The molecule has 2 saturated heterocycles. The summed E-state index contributed by atoms with van der Waals surface area (Å²) in [5.74, 6) is 0.460.